The zero-order chi connectivity index (χ0) is 18.2. The summed E-state index contributed by atoms with van der Waals surface area (Å²) in [6.07, 6.45) is 0.517. The van der Waals surface area contributed by atoms with Crippen LogP contribution in [0.2, 0.25) is 0 Å². The van der Waals surface area contributed by atoms with Gasteiger partial charge in [0.25, 0.3) is 5.91 Å². The van der Waals surface area contributed by atoms with E-state index in [1.165, 1.54) is 19.2 Å². The van der Waals surface area contributed by atoms with Gasteiger partial charge in [-0.1, -0.05) is 0 Å². The summed E-state index contributed by atoms with van der Waals surface area (Å²) >= 11 is 5.31. The zero-order valence-corrected chi connectivity index (χ0v) is 14.8. The average Bonchev–Trinajstić information content (AvgIpc) is 2.66. The smallest absolute Gasteiger partial charge is 0.337 e. The van der Waals surface area contributed by atoms with Crippen molar-refractivity contribution in [3.8, 4) is 6.07 Å². The number of nitrogens with zero attached hydrogens (tertiary/aromatic N) is 3. The highest BCUT2D eigenvalue weighted by molar-refractivity contribution is 7.80. The van der Waals surface area contributed by atoms with E-state index in [-0.39, 0.29) is 5.91 Å². The molecule has 25 heavy (non-hydrogen) atoms. The molecule has 0 spiro atoms. The summed E-state index contributed by atoms with van der Waals surface area (Å²) in [5.41, 5.74) is 0.803. The van der Waals surface area contributed by atoms with E-state index in [1.807, 2.05) is 4.90 Å². The first kappa shape index (κ1) is 18.8. The van der Waals surface area contributed by atoms with E-state index < -0.39 is 5.97 Å². The van der Waals surface area contributed by atoms with E-state index in [2.05, 4.69) is 21.0 Å². The van der Waals surface area contributed by atoms with Crippen molar-refractivity contribution < 1.29 is 14.3 Å². The van der Waals surface area contributed by atoms with E-state index in [9.17, 15) is 9.59 Å². The molecule has 0 radical (unpaired) electrons. The monoisotopic (exact) mass is 360 g/mol. The van der Waals surface area contributed by atoms with Crippen LogP contribution in [0.15, 0.2) is 24.3 Å². The van der Waals surface area contributed by atoms with Crippen LogP contribution in [-0.4, -0.2) is 66.6 Å². The number of hydrogen-bond donors (Lipinski definition) is 1. The van der Waals surface area contributed by atoms with Crippen molar-refractivity contribution in [3.05, 3.63) is 35.4 Å². The van der Waals surface area contributed by atoms with Gasteiger partial charge < -0.3 is 9.64 Å². The highest BCUT2D eigenvalue weighted by Crippen LogP contribution is 2.07. The van der Waals surface area contributed by atoms with Crippen LogP contribution in [0, 0.1) is 11.3 Å². The molecule has 1 aliphatic heterocycles. The first-order valence-corrected chi connectivity index (χ1v) is 8.34. The Morgan fingerprint density at radius 3 is 2.36 bits per heavy atom. The number of thiocarbonyl (C=S) groups is 1. The van der Waals surface area contributed by atoms with Crippen molar-refractivity contribution >= 4 is 29.2 Å². The lowest BCUT2D eigenvalue weighted by Gasteiger charge is -2.35. The Bertz CT molecular complexity index is 676. The van der Waals surface area contributed by atoms with Crippen molar-refractivity contribution in [2.45, 2.75) is 6.42 Å². The molecule has 0 aromatic heterocycles. The molecule has 0 saturated carbocycles. The van der Waals surface area contributed by atoms with Gasteiger partial charge in [0.05, 0.1) is 18.7 Å². The van der Waals surface area contributed by atoms with Crippen molar-refractivity contribution in [2.24, 2.45) is 0 Å². The van der Waals surface area contributed by atoms with Crippen molar-refractivity contribution in [1.29, 1.82) is 5.26 Å². The molecule has 2 rings (SSSR count). The fraction of sp³-hybridized carbons (Fsp3) is 0.412. The number of ether oxygens (including phenoxy) is 1. The molecule has 0 aliphatic carbocycles. The van der Waals surface area contributed by atoms with Gasteiger partial charge in [-0.2, -0.15) is 5.26 Å². The quantitative estimate of drug-likeness (QED) is 0.634. The van der Waals surface area contributed by atoms with E-state index in [1.54, 1.807) is 12.1 Å². The number of amides is 1. The molecular weight excluding hydrogens is 340 g/mol. The first-order valence-electron chi connectivity index (χ1n) is 7.93. The molecule has 1 fully saturated rings. The van der Waals surface area contributed by atoms with Crippen LogP contribution in [0.4, 0.5) is 0 Å². The first-order chi connectivity index (χ1) is 12.0. The molecule has 1 aromatic carbocycles. The molecule has 1 heterocycles. The van der Waals surface area contributed by atoms with Gasteiger partial charge in [0, 0.05) is 44.7 Å². The van der Waals surface area contributed by atoms with Gasteiger partial charge in [0.2, 0.25) is 0 Å². The second kappa shape index (κ2) is 9.11. The van der Waals surface area contributed by atoms with Crippen LogP contribution in [0.5, 0.6) is 0 Å². The van der Waals surface area contributed by atoms with Crippen LogP contribution in [0.1, 0.15) is 27.1 Å². The Kier molecular flexibility index (Phi) is 6.86. The number of carbonyl (C=O) groups excluding carboxylic acids is 2. The van der Waals surface area contributed by atoms with Crippen LogP contribution in [0.3, 0.4) is 0 Å². The number of piperazine rings is 1. The summed E-state index contributed by atoms with van der Waals surface area (Å²) in [5.74, 6) is -0.759. The fourth-order valence-corrected chi connectivity index (χ4v) is 2.78. The summed E-state index contributed by atoms with van der Waals surface area (Å²) in [4.78, 5) is 27.8. The summed E-state index contributed by atoms with van der Waals surface area (Å²) in [6, 6.07) is 8.34. The number of nitriles is 1. The molecule has 0 atom stereocenters. The van der Waals surface area contributed by atoms with E-state index in [0.29, 0.717) is 35.7 Å². The number of hydrogen-bond acceptors (Lipinski definition) is 6. The molecule has 0 bridgehead atoms. The lowest BCUT2D eigenvalue weighted by atomic mass is 10.1. The van der Waals surface area contributed by atoms with Gasteiger partial charge in [-0.3, -0.25) is 15.0 Å². The topological polar surface area (TPSA) is 85.7 Å². The highest BCUT2D eigenvalue weighted by Gasteiger charge is 2.20. The minimum atomic E-state index is -0.447. The Morgan fingerprint density at radius 2 is 1.80 bits per heavy atom. The number of rotatable bonds is 4. The standard InChI is InChI=1S/C17H20N4O3S/c1-24-16(23)14-5-3-13(4-6-14)15(22)19-17(25)21-11-9-20(10-12-21)8-2-7-18/h3-6H,2,8-12H2,1H3,(H,19,22,25). The van der Waals surface area contributed by atoms with Crippen LogP contribution < -0.4 is 5.32 Å². The third-order valence-electron chi connectivity index (χ3n) is 3.99. The molecule has 132 valence electrons. The Hall–Kier alpha value is -2.50. The van der Waals surface area contributed by atoms with Crippen LogP contribution >= 0.6 is 12.2 Å². The molecule has 0 unspecified atom stereocenters. The third kappa shape index (κ3) is 5.24. The molecule has 7 nitrogen and oxygen atoms in total. The Morgan fingerprint density at radius 1 is 1.20 bits per heavy atom. The SMILES string of the molecule is COC(=O)c1ccc(C(=O)NC(=S)N2CCN(CCC#N)CC2)cc1. The average molecular weight is 360 g/mol. The van der Waals surface area contributed by atoms with Crippen LogP contribution in [0.25, 0.3) is 0 Å². The summed E-state index contributed by atoms with van der Waals surface area (Å²) in [6.45, 7) is 3.81. The van der Waals surface area contributed by atoms with Crippen LogP contribution in [-0.2, 0) is 4.74 Å². The van der Waals surface area contributed by atoms with Gasteiger partial charge in [0.1, 0.15) is 0 Å². The highest BCUT2D eigenvalue weighted by atomic mass is 32.1. The number of benzene rings is 1. The maximum atomic E-state index is 12.3. The molecule has 1 amide bonds. The van der Waals surface area contributed by atoms with Crippen molar-refractivity contribution in [2.75, 3.05) is 39.8 Å². The largest absolute Gasteiger partial charge is 0.465 e. The zero-order valence-electron chi connectivity index (χ0n) is 14.0. The molecule has 8 heteroatoms. The maximum Gasteiger partial charge on any atom is 0.337 e. The summed E-state index contributed by atoms with van der Waals surface area (Å²) in [5, 5.41) is 11.7. The van der Waals surface area contributed by atoms with E-state index in [0.717, 1.165) is 19.6 Å². The molecule has 1 aromatic rings. The minimum absolute atomic E-state index is 0.312. The predicted octanol–water partition coefficient (Wildman–Crippen LogP) is 1.02. The predicted molar refractivity (Wildman–Crippen MR) is 96.1 cm³/mol. The Labute approximate surface area is 152 Å². The Balaban J connectivity index is 1.85. The van der Waals surface area contributed by atoms with Gasteiger partial charge in [0.15, 0.2) is 5.11 Å². The molecule has 1 aliphatic rings. The third-order valence-corrected chi connectivity index (χ3v) is 4.35. The van der Waals surface area contributed by atoms with E-state index in [4.69, 9.17) is 17.5 Å². The van der Waals surface area contributed by atoms with Crippen molar-refractivity contribution in [1.82, 2.24) is 15.1 Å². The lowest BCUT2D eigenvalue weighted by Crippen LogP contribution is -2.52. The minimum Gasteiger partial charge on any atom is -0.465 e. The number of esters is 1. The molecule has 1 N–H and O–H groups in total. The van der Waals surface area contributed by atoms with E-state index >= 15 is 0 Å². The molecular formula is C17H20N4O3S. The van der Waals surface area contributed by atoms with Gasteiger partial charge in [-0.15, -0.1) is 0 Å². The second-order valence-corrected chi connectivity index (χ2v) is 5.95. The molecule has 1 saturated heterocycles. The van der Waals surface area contributed by atoms with Crippen molar-refractivity contribution in [3.63, 3.8) is 0 Å². The fourth-order valence-electron chi connectivity index (χ4n) is 2.51. The lowest BCUT2D eigenvalue weighted by molar-refractivity contribution is 0.0600. The normalized spacial score (nSPS) is 14.5. The van der Waals surface area contributed by atoms with Gasteiger partial charge >= 0.3 is 5.97 Å². The second-order valence-electron chi connectivity index (χ2n) is 5.57. The number of carbonyl (C=O) groups is 2. The number of methoxy groups -OCH3 is 1. The van der Waals surface area contributed by atoms with Gasteiger partial charge in [-0.05, 0) is 36.5 Å². The van der Waals surface area contributed by atoms with Gasteiger partial charge in [-0.25, -0.2) is 4.79 Å². The summed E-state index contributed by atoms with van der Waals surface area (Å²) < 4.78 is 4.62. The maximum absolute atomic E-state index is 12.3. The number of nitrogens with one attached hydrogen (secondary N) is 1. The summed E-state index contributed by atoms with van der Waals surface area (Å²) in [7, 11) is 1.31.